The summed E-state index contributed by atoms with van der Waals surface area (Å²) in [5, 5.41) is 2.82. The van der Waals surface area contributed by atoms with Crippen LogP contribution in [0.4, 0.5) is 0 Å². The molecule has 0 aromatic heterocycles. The lowest BCUT2D eigenvalue weighted by Gasteiger charge is -2.13. The number of rotatable bonds is 6. The Morgan fingerprint density at radius 1 is 1.50 bits per heavy atom. The number of nitrogens with one attached hydrogen (secondary N) is 1. The molecule has 1 unspecified atom stereocenters. The van der Waals surface area contributed by atoms with Gasteiger partial charge in [0, 0.05) is 6.04 Å². The van der Waals surface area contributed by atoms with Gasteiger partial charge in [-0.25, -0.2) is 0 Å². The molecule has 0 saturated heterocycles. The molecule has 1 aromatic carbocycles. The molecule has 0 spiro atoms. The number of para-hydroxylation sites is 1. The molecule has 0 aliphatic rings. The molecular formula is C13H18N2O2S. The molecule has 18 heavy (non-hydrogen) atoms. The average Bonchev–Trinajstić information content (AvgIpc) is 2.36. The predicted molar refractivity (Wildman–Crippen MR) is 75.7 cm³/mol. The minimum absolute atomic E-state index is 0.0377. The molecule has 0 aliphatic carbocycles. The number of hydrogen-bond acceptors (Lipinski definition) is 3. The second-order valence-electron chi connectivity index (χ2n) is 4.03. The van der Waals surface area contributed by atoms with Gasteiger partial charge in [-0.05, 0) is 25.5 Å². The van der Waals surface area contributed by atoms with Crippen molar-refractivity contribution in [3.8, 4) is 5.75 Å². The monoisotopic (exact) mass is 266 g/mol. The van der Waals surface area contributed by atoms with Crippen LogP contribution in [0.5, 0.6) is 5.75 Å². The van der Waals surface area contributed by atoms with Crippen LogP contribution >= 0.6 is 12.2 Å². The number of carbonyl (C=O) groups excluding carboxylic acids is 1. The standard InChI is InChI=1S/C13H18N2O2S/c1-3-9(2)15-12(16)8-17-11-7-5-4-6-10(11)13(14)18/h4-7,9H,3,8H2,1-2H3,(H2,14,18)(H,15,16). The van der Waals surface area contributed by atoms with Gasteiger partial charge in [-0.2, -0.15) is 0 Å². The van der Waals surface area contributed by atoms with Crippen molar-refractivity contribution < 1.29 is 9.53 Å². The Balaban J connectivity index is 2.58. The molecule has 0 heterocycles. The summed E-state index contributed by atoms with van der Waals surface area (Å²) in [7, 11) is 0. The summed E-state index contributed by atoms with van der Waals surface area (Å²) < 4.78 is 5.43. The first-order valence-electron chi connectivity index (χ1n) is 5.85. The van der Waals surface area contributed by atoms with E-state index >= 15 is 0 Å². The van der Waals surface area contributed by atoms with E-state index in [1.54, 1.807) is 12.1 Å². The van der Waals surface area contributed by atoms with Crippen molar-refractivity contribution in [2.75, 3.05) is 6.61 Å². The Labute approximate surface area is 113 Å². The second-order valence-corrected chi connectivity index (χ2v) is 4.47. The molecule has 0 saturated carbocycles. The quantitative estimate of drug-likeness (QED) is 0.768. The van der Waals surface area contributed by atoms with Gasteiger partial charge in [0.05, 0.1) is 5.56 Å². The van der Waals surface area contributed by atoms with Gasteiger partial charge >= 0.3 is 0 Å². The maximum absolute atomic E-state index is 11.6. The number of ether oxygens (including phenoxy) is 1. The maximum atomic E-state index is 11.6. The first-order valence-corrected chi connectivity index (χ1v) is 6.26. The Hall–Kier alpha value is -1.62. The largest absolute Gasteiger partial charge is 0.483 e. The maximum Gasteiger partial charge on any atom is 0.258 e. The summed E-state index contributed by atoms with van der Waals surface area (Å²) in [5.41, 5.74) is 6.22. The third-order valence-electron chi connectivity index (χ3n) is 2.53. The van der Waals surface area contributed by atoms with Gasteiger partial charge in [0.1, 0.15) is 10.7 Å². The van der Waals surface area contributed by atoms with Gasteiger partial charge in [0.15, 0.2) is 6.61 Å². The molecule has 0 radical (unpaired) electrons. The third kappa shape index (κ3) is 4.33. The van der Waals surface area contributed by atoms with E-state index in [-0.39, 0.29) is 23.5 Å². The topological polar surface area (TPSA) is 64.3 Å². The van der Waals surface area contributed by atoms with E-state index in [4.69, 9.17) is 22.7 Å². The first-order chi connectivity index (χ1) is 8.54. The van der Waals surface area contributed by atoms with Crippen molar-refractivity contribution in [3.63, 3.8) is 0 Å². The van der Waals surface area contributed by atoms with E-state index in [0.29, 0.717) is 11.3 Å². The van der Waals surface area contributed by atoms with Gasteiger partial charge in [0.2, 0.25) is 0 Å². The van der Waals surface area contributed by atoms with Crippen LogP contribution in [-0.4, -0.2) is 23.5 Å². The molecule has 5 heteroatoms. The molecule has 3 N–H and O–H groups in total. The van der Waals surface area contributed by atoms with Crippen molar-refractivity contribution in [1.29, 1.82) is 0 Å². The van der Waals surface area contributed by atoms with Crippen LogP contribution in [0.15, 0.2) is 24.3 Å². The summed E-state index contributed by atoms with van der Waals surface area (Å²) in [4.78, 5) is 11.8. The molecule has 0 fully saturated rings. The van der Waals surface area contributed by atoms with Gasteiger partial charge in [-0.1, -0.05) is 31.3 Å². The molecular weight excluding hydrogens is 248 g/mol. The average molecular weight is 266 g/mol. The van der Waals surface area contributed by atoms with Crippen molar-refractivity contribution in [2.45, 2.75) is 26.3 Å². The number of hydrogen-bond donors (Lipinski definition) is 2. The highest BCUT2D eigenvalue weighted by atomic mass is 32.1. The Morgan fingerprint density at radius 3 is 2.78 bits per heavy atom. The zero-order valence-electron chi connectivity index (χ0n) is 10.6. The van der Waals surface area contributed by atoms with Crippen LogP contribution in [-0.2, 0) is 4.79 Å². The lowest BCUT2D eigenvalue weighted by atomic mass is 10.2. The van der Waals surface area contributed by atoms with Crippen molar-refractivity contribution in [1.82, 2.24) is 5.32 Å². The van der Waals surface area contributed by atoms with Gasteiger partial charge in [0.25, 0.3) is 5.91 Å². The summed E-state index contributed by atoms with van der Waals surface area (Å²) >= 11 is 4.92. The van der Waals surface area contributed by atoms with Gasteiger partial charge < -0.3 is 15.8 Å². The highest BCUT2D eigenvalue weighted by Crippen LogP contribution is 2.17. The highest BCUT2D eigenvalue weighted by molar-refractivity contribution is 7.80. The fraction of sp³-hybridized carbons (Fsp3) is 0.385. The zero-order valence-corrected chi connectivity index (χ0v) is 11.4. The fourth-order valence-corrected chi connectivity index (χ4v) is 1.53. The van der Waals surface area contributed by atoms with Crippen molar-refractivity contribution in [2.24, 2.45) is 5.73 Å². The van der Waals surface area contributed by atoms with Crippen LogP contribution < -0.4 is 15.8 Å². The van der Waals surface area contributed by atoms with E-state index in [1.165, 1.54) is 0 Å². The highest BCUT2D eigenvalue weighted by Gasteiger charge is 2.09. The smallest absolute Gasteiger partial charge is 0.258 e. The Bertz CT molecular complexity index is 435. The summed E-state index contributed by atoms with van der Waals surface area (Å²) in [6, 6.07) is 7.28. The van der Waals surface area contributed by atoms with Gasteiger partial charge in [-0.15, -0.1) is 0 Å². The van der Waals surface area contributed by atoms with Crippen LogP contribution in [0.2, 0.25) is 0 Å². The number of nitrogens with two attached hydrogens (primary N) is 1. The van der Waals surface area contributed by atoms with E-state index < -0.39 is 0 Å². The third-order valence-corrected chi connectivity index (χ3v) is 2.75. The predicted octanol–water partition coefficient (Wildman–Crippen LogP) is 1.61. The first kappa shape index (κ1) is 14.4. The SMILES string of the molecule is CCC(C)NC(=O)COc1ccccc1C(N)=S. The second kappa shape index (κ2) is 6.96. The van der Waals surface area contributed by atoms with Gasteiger partial charge in [-0.3, -0.25) is 4.79 Å². The minimum Gasteiger partial charge on any atom is -0.483 e. The Morgan fingerprint density at radius 2 is 2.17 bits per heavy atom. The van der Waals surface area contributed by atoms with E-state index in [9.17, 15) is 4.79 Å². The van der Waals surface area contributed by atoms with Crippen LogP contribution in [0, 0.1) is 0 Å². The molecule has 4 nitrogen and oxygen atoms in total. The summed E-state index contributed by atoms with van der Waals surface area (Å²) in [6.45, 7) is 3.92. The number of thiocarbonyl (C=S) groups is 1. The van der Waals surface area contributed by atoms with E-state index in [0.717, 1.165) is 6.42 Å². The van der Waals surface area contributed by atoms with Crippen molar-refractivity contribution >= 4 is 23.1 Å². The van der Waals surface area contributed by atoms with Crippen LogP contribution in [0.25, 0.3) is 0 Å². The molecule has 98 valence electrons. The van der Waals surface area contributed by atoms with E-state index in [2.05, 4.69) is 5.32 Å². The molecule has 1 rings (SSSR count). The fourth-order valence-electron chi connectivity index (χ4n) is 1.36. The Kier molecular flexibility index (Phi) is 5.58. The molecule has 1 amide bonds. The summed E-state index contributed by atoms with van der Waals surface area (Å²) in [6.07, 6.45) is 0.884. The minimum atomic E-state index is -0.151. The van der Waals surface area contributed by atoms with Crippen molar-refractivity contribution in [3.05, 3.63) is 29.8 Å². The molecule has 1 atom stereocenters. The van der Waals surface area contributed by atoms with Crippen LogP contribution in [0.1, 0.15) is 25.8 Å². The lowest BCUT2D eigenvalue weighted by Crippen LogP contribution is -2.35. The zero-order chi connectivity index (χ0) is 13.5. The molecule has 0 bridgehead atoms. The number of carbonyl (C=O) groups is 1. The number of benzene rings is 1. The lowest BCUT2D eigenvalue weighted by molar-refractivity contribution is -0.123. The summed E-state index contributed by atoms with van der Waals surface area (Å²) in [5.74, 6) is 0.381. The normalized spacial score (nSPS) is 11.7. The van der Waals surface area contributed by atoms with E-state index in [1.807, 2.05) is 26.0 Å². The molecule has 0 aliphatic heterocycles. The van der Waals surface area contributed by atoms with Crippen LogP contribution in [0.3, 0.4) is 0 Å². The number of amides is 1. The molecule has 1 aromatic rings.